The Kier molecular flexibility index (Phi) is 6.73. The summed E-state index contributed by atoms with van der Waals surface area (Å²) in [7, 11) is 0. The maximum Gasteiger partial charge on any atom is 0.416 e. The Morgan fingerprint density at radius 1 is 1.25 bits per heavy atom. The van der Waals surface area contributed by atoms with Crippen LogP contribution in [0, 0.1) is 10.1 Å². The van der Waals surface area contributed by atoms with Crippen LogP contribution >= 0.6 is 0 Å². The molecule has 9 nitrogen and oxygen atoms in total. The van der Waals surface area contributed by atoms with Gasteiger partial charge >= 0.3 is 6.18 Å². The largest absolute Gasteiger partial charge is 0.491 e. The number of nitro benzene ring substituents is 1. The second kappa shape index (κ2) is 9.47. The molecule has 168 valence electrons. The van der Waals surface area contributed by atoms with Gasteiger partial charge in [0, 0.05) is 30.6 Å². The Hall–Kier alpha value is -3.93. The molecule has 1 heterocycles. The highest BCUT2D eigenvalue weighted by Crippen LogP contribution is 2.30. The summed E-state index contributed by atoms with van der Waals surface area (Å²) in [5.74, 6) is -0.534. The van der Waals surface area contributed by atoms with Crippen molar-refractivity contribution in [1.29, 1.82) is 0 Å². The fraction of sp³-hybridized carbons (Fsp3) is 0.200. The number of aliphatic hydroxyl groups excluding tert-OH is 1. The molecule has 0 aliphatic heterocycles. The van der Waals surface area contributed by atoms with Gasteiger partial charge in [-0.1, -0.05) is 0 Å². The Morgan fingerprint density at radius 3 is 2.56 bits per heavy atom. The van der Waals surface area contributed by atoms with Crippen molar-refractivity contribution in [3.63, 3.8) is 0 Å². The van der Waals surface area contributed by atoms with E-state index in [-0.39, 0.29) is 35.8 Å². The van der Waals surface area contributed by atoms with Gasteiger partial charge in [0.2, 0.25) is 0 Å². The minimum Gasteiger partial charge on any atom is -0.491 e. The first-order valence-electron chi connectivity index (χ1n) is 9.18. The molecular weight excluding hydrogens is 433 g/mol. The number of aliphatic hydroxyl groups is 1. The number of aromatic nitrogens is 2. The number of amides is 1. The average Bonchev–Trinajstić information content (AvgIpc) is 3.30. The van der Waals surface area contributed by atoms with Crippen LogP contribution in [-0.2, 0) is 6.18 Å². The third kappa shape index (κ3) is 5.60. The summed E-state index contributed by atoms with van der Waals surface area (Å²) < 4.78 is 44.3. The van der Waals surface area contributed by atoms with Crippen molar-refractivity contribution in [3.8, 4) is 11.4 Å². The van der Waals surface area contributed by atoms with Crippen molar-refractivity contribution in [1.82, 2.24) is 14.9 Å². The Morgan fingerprint density at radius 2 is 1.97 bits per heavy atom. The lowest BCUT2D eigenvalue weighted by Crippen LogP contribution is -2.35. The van der Waals surface area contributed by atoms with Crippen molar-refractivity contribution < 1.29 is 32.7 Å². The zero-order valence-electron chi connectivity index (χ0n) is 16.3. The van der Waals surface area contributed by atoms with Gasteiger partial charge in [-0.15, -0.1) is 0 Å². The van der Waals surface area contributed by atoms with Gasteiger partial charge in [-0.25, -0.2) is 4.98 Å². The number of hydrogen-bond acceptors (Lipinski definition) is 6. The number of ether oxygens (including phenoxy) is 1. The first-order chi connectivity index (χ1) is 15.1. The number of rotatable bonds is 8. The van der Waals surface area contributed by atoms with Crippen LogP contribution in [-0.4, -0.2) is 44.7 Å². The fourth-order valence-corrected chi connectivity index (χ4v) is 2.73. The minimum atomic E-state index is -4.46. The van der Waals surface area contributed by atoms with Crippen molar-refractivity contribution in [2.24, 2.45) is 0 Å². The van der Waals surface area contributed by atoms with E-state index in [0.29, 0.717) is 0 Å². The summed E-state index contributed by atoms with van der Waals surface area (Å²) in [4.78, 5) is 26.9. The molecule has 32 heavy (non-hydrogen) atoms. The summed E-state index contributed by atoms with van der Waals surface area (Å²) in [5, 5.41) is 23.8. The van der Waals surface area contributed by atoms with Crippen LogP contribution in [0.2, 0.25) is 0 Å². The molecule has 0 saturated carbocycles. The number of carbonyl (C=O) groups is 1. The van der Waals surface area contributed by atoms with E-state index in [4.69, 9.17) is 4.74 Å². The monoisotopic (exact) mass is 450 g/mol. The van der Waals surface area contributed by atoms with Gasteiger partial charge in [-0.3, -0.25) is 14.9 Å². The van der Waals surface area contributed by atoms with Gasteiger partial charge in [0.1, 0.15) is 24.1 Å². The first kappa shape index (κ1) is 22.7. The normalized spacial score (nSPS) is 12.2. The molecule has 2 aromatic carbocycles. The Labute approximate surface area is 179 Å². The molecule has 1 unspecified atom stereocenters. The zero-order chi connectivity index (χ0) is 23.3. The van der Waals surface area contributed by atoms with Crippen molar-refractivity contribution in [2.45, 2.75) is 12.3 Å². The number of carbonyl (C=O) groups excluding carboxylic acids is 1. The van der Waals surface area contributed by atoms with Gasteiger partial charge in [-0.05, 0) is 36.4 Å². The first-order valence-corrected chi connectivity index (χ1v) is 9.18. The molecular formula is C20H17F3N4O5. The number of nitrogens with one attached hydrogen (secondary N) is 1. The smallest absolute Gasteiger partial charge is 0.416 e. The lowest BCUT2D eigenvalue weighted by atomic mass is 10.1. The van der Waals surface area contributed by atoms with Crippen LogP contribution in [0.3, 0.4) is 0 Å². The maximum absolute atomic E-state index is 12.6. The molecule has 3 aromatic rings. The quantitative estimate of drug-likeness (QED) is 0.402. The molecule has 1 atom stereocenters. The summed E-state index contributed by atoms with van der Waals surface area (Å²) in [6, 6.07) is 7.84. The van der Waals surface area contributed by atoms with Gasteiger partial charge in [-0.2, -0.15) is 13.2 Å². The highest BCUT2D eigenvalue weighted by Gasteiger charge is 2.30. The van der Waals surface area contributed by atoms with Crippen LogP contribution in [0.1, 0.15) is 15.9 Å². The third-order valence-electron chi connectivity index (χ3n) is 4.34. The number of nitro groups is 1. The van der Waals surface area contributed by atoms with Crippen molar-refractivity contribution in [2.75, 3.05) is 13.2 Å². The molecule has 1 amide bonds. The highest BCUT2D eigenvalue weighted by molar-refractivity contribution is 5.95. The number of imidazole rings is 1. The molecule has 3 rings (SSSR count). The molecule has 0 aliphatic rings. The van der Waals surface area contributed by atoms with Crippen LogP contribution in [0.25, 0.3) is 5.69 Å². The SMILES string of the molecule is O=C(NCC(O)COc1ccc(C(F)(F)F)cc1)c1ccc(-n2ccnc2)c([N+](=O)[O-])c1. The van der Waals surface area contributed by atoms with E-state index < -0.39 is 28.7 Å². The van der Waals surface area contributed by atoms with E-state index in [9.17, 15) is 33.2 Å². The number of alkyl halides is 3. The summed E-state index contributed by atoms with van der Waals surface area (Å²) >= 11 is 0. The average molecular weight is 450 g/mol. The highest BCUT2D eigenvalue weighted by atomic mass is 19.4. The third-order valence-corrected chi connectivity index (χ3v) is 4.34. The van der Waals surface area contributed by atoms with Gasteiger partial charge in [0.15, 0.2) is 0 Å². The van der Waals surface area contributed by atoms with E-state index in [1.54, 1.807) is 0 Å². The van der Waals surface area contributed by atoms with E-state index in [0.717, 1.165) is 30.3 Å². The van der Waals surface area contributed by atoms with Crippen LogP contribution in [0.5, 0.6) is 5.75 Å². The van der Waals surface area contributed by atoms with E-state index >= 15 is 0 Å². The molecule has 0 bridgehead atoms. The standard InChI is InChI=1S/C20H17F3N4O5/c21-20(22,23)14-2-4-16(5-3-14)32-11-15(28)10-25-19(29)13-1-6-17(18(9-13)27(30)31)26-8-7-24-12-26/h1-9,12,15,28H,10-11H2,(H,25,29). The Balaban J connectivity index is 1.56. The zero-order valence-corrected chi connectivity index (χ0v) is 16.3. The molecule has 0 radical (unpaired) electrons. The molecule has 0 saturated heterocycles. The second-order valence-corrected chi connectivity index (χ2v) is 6.63. The number of hydrogen-bond donors (Lipinski definition) is 2. The number of halogens is 3. The summed E-state index contributed by atoms with van der Waals surface area (Å²) in [6.45, 7) is -0.526. The summed E-state index contributed by atoms with van der Waals surface area (Å²) in [5.41, 5.74) is -0.891. The van der Waals surface area contributed by atoms with Crippen LogP contribution in [0.4, 0.5) is 18.9 Å². The predicted molar refractivity (Wildman–Crippen MR) is 105 cm³/mol. The predicted octanol–water partition coefficient (Wildman–Crippen LogP) is 2.97. The van der Waals surface area contributed by atoms with Crippen LogP contribution < -0.4 is 10.1 Å². The molecule has 12 heteroatoms. The lowest BCUT2D eigenvalue weighted by Gasteiger charge is -2.14. The van der Waals surface area contributed by atoms with Gasteiger partial charge in [0.25, 0.3) is 11.6 Å². The molecule has 0 aliphatic carbocycles. The second-order valence-electron chi connectivity index (χ2n) is 6.63. The molecule has 0 fully saturated rings. The number of nitrogens with zero attached hydrogens (tertiary/aromatic N) is 3. The van der Waals surface area contributed by atoms with Gasteiger partial charge < -0.3 is 19.7 Å². The fourth-order valence-electron chi connectivity index (χ4n) is 2.73. The number of benzene rings is 2. The van der Waals surface area contributed by atoms with Crippen LogP contribution in [0.15, 0.2) is 61.2 Å². The van der Waals surface area contributed by atoms with E-state index in [1.165, 1.54) is 35.4 Å². The van der Waals surface area contributed by atoms with Crippen molar-refractivity contribution in [3.05, 3.63) is 82.4 Å². The molecule has 1 aromatic heterocycles. The van der Waals surface area contributed by atoms with Crippen molar-refractivity contribution >= 4 is 11.6 Å². The van der Waals surface area contributed by atoms with E-state index in [1.807, 2.05) is 0 Å². The lowest BCUT2D eigenvalue weighted by molar-refractivity contribution is -0.384. The topological polar surface area (TPSA) is 120 Å². The Bertz CT molecular complexity index is 1090. The minimum absolute atomic E-state index is 0.0106. The molecule has 2 N–H and O–H groups in total. The van der Waals surface area contributed by atoms with E-state index in [2.05, 4.69) is 10.3 Å². The van der Waals surface area contributed by atoms with Gasteiger partial charge in [0.05, 0.1) is 16.8 Å². The maximum atomic E-state index is 12.6. The molecule has 0 spiro atoms. The summed E-state index contributed by atoms with van der Waals surface area (Å²) in [6.07, 6.45) is -1.27.